The monoisotopic (exact) mass is 229 g/mol. The molecule has 2 saturated carbocycles. The first-order valence-corrected chi connectivity index (χ1v) is 7.19. The van der Waals surface area contributed by atoms with Crippen LogP contribution in [0, 0.1) is 16.7 Å². The molecule has 4 fully saturated rings. The fourth-order valence-corrected chi connectivity index (χ4v) is 7.01. The zero-order chi connectivity index (χ0) is 10.7. The van der Waals surface area contributed by atoms with Crippen LogP contribution in [0.5, 0.6) is 0 Å². The molecule has 0 N–H and O–H groups in total. The summed E-state index contributed by atoms with van der Waals surface area (Å²) in [6, 6.07) is 0. The molecule has 2 aliphatic heterocycles. The van der Waals surface area contributed by atoms with Crippen molar-refractivity contribution in [3.63, 3.8) is 0 Å². The molecule has 2 spiro atoms. The molecule has 4 nitrogen and oxygen atoms in total. The molecule has 0 radical (unpaired) electrons. The smallest absolute Gasteiger partial charge is 0.239 e. The molecule has 5 heteroatoms. The zero-order valence-corrected chi connectivity index (χ0v) is 9.80. The molecule has 84 valence electrons. The minimum absolute atomic E-state index is 0.116. The van der Waals surface area contributed by atoms with Gasteiger partial charge in [-0.15, -0.1) is 0 Å². The second kappa shape index (κ2) is 1.89. The summed E-state index contributed by atoms with van der Waals surface area (Å²) in [7, 11) is -3.12. The summed E-state index contributed by atoms with van der Waals surface area (Å²) in [5.41, 5.74) is -0.424. The Morgan fingerprint density at radius 2 is 2.13 bits per heavy atom. The van der Waals surface area contributed by atoms with E-state index in [2.05, 4.69) is 13.8 Å². The highest BCUT2D eigenvalue weighted by Crippen LogP contribution is 2.80. The third kappa shape index (κ3) is 0.626. The van der Waals surface area contributed by atoms with Crippen molar-refractivity contribution in [2.24, 2.45) is 16.7 Å². The molecule has 0 aromatic heterocycles. The van der Waals surface area contributed by atoms with Crippen molar-refractivity contribution in [1.29, 1.82) is 0 Å². The van der Waals surface area contributed by atoms with Crippen molar-refractivity contribution in [2.45, 2.75) is 38.8 Å². The van der Waals surface area contributed by atoms with Crippen molar-refractivity contribution >= 4 is 10.0 Å². The molecule has 0 aromatic carbocycles. The maximum absolute atomic E-state index is 11.9. The third-order valence-electron chi connectivity index (χ3n) is 5.62. The topological polar surface area (TPSA) is 49.7 Å². The van der Waals surface area contributed by atoms with Crippen LogP contribution >= 0.6 is 0 Å². The van der Waals surface area contributed by atoms with Gasteiger partial charge in [0, 0.05) is 5.41 Å². The van der Waals surface area contributed by atoms with Gasteiger partial charge in [-0.25, -0.2) is 8.42 Å². The van der Waals surface area contributed by atoms with Gasteiger partial charge in [0.25, 0.3) is 0 Å². The van der Waals surface area contributed by atoms with E-state index in [0.717, 1.165) is 12.8 Å². The van der Waals surface area contributed by atoms with Crippen LogP contribution in [0.3, 0.4) is 0 Å². The van der Waals surface area contributed by atoms with E-state index >= 15 is 0 Å². The molecule has 2 saturated heterocycles. The van der Waals surface area contributed by atoms with Crippen LogP contribution in [-0.4, -0.2) is 24.4 Å². The van der Waals surface area contributed by atoms with E-state index in [1.807, 2.05) is 0 Å². The summed E-state index contributed by atoms with van der Waals surface area (Å²) in [5, 5.41) is 0. The predicted molar refractivity (Wildman–Crippen MR) is 53.0 cm³/mol. The quantitative estimate of drug-likeness (QED) is 0.584. The highest BCUT2D eigenvalue weighted by Gasteiger charge is 2.88. The van der Waals surface area contributed by atoms with Crippen LogP contribution in [0.1, 0.15) is 33.1 Å². The Morgan fingerprint density at radius 1 is 1.40 bits per heavy atom. The van der Waals surface area contributed by atoms with Gasteiger partial charge in [-0.05, 0) is 35.1 Å². The van der Waals surface area contributed by atoms with E-state index in [-0.39, 0.29) is 10.8 Å². The molecule has 15 heavy (non-hydrogen) atoms. The Bertz CT molecular complexity index is 471. The third-order valence-corrected chi connectivity index (χ3v) is 7.35. The van der Waals surface area contributed by atoms with Gasteiger partial charge in [-0.3, -0.25) is 4.84 Å². The second-order valence-corrected chi connectivity index (χ2v) is 7.89. The lowest BCUT2D eigenvalue weighted by Gasteiger charge is -2.36. The molecule has 2 unspecified atom stereocenters. The number of hydrogen-bond acceptors (Lipinski definition) is 3. The summed E-state index contributed by atoms with van der Waals surface area (Å²) < 4.78 is 25.1. The van der Waals surface area contributed by atoms with Crippen molar-refractivity contribution in [2.75, 3.05) is 5.75 Å². The molecule has 4 aliphatic rings. The fourth-order valence-electron chi connectivity index (χ4n) is 4.59. The van der Waals surface area contributed by atoms with Gasteiger partial charge in [0.1, 0.15) is 0 Å². The standard InChI is InChI=1S/C10H15NO3S/c1-8(2)7-3-4-9(8)6-15(12,13)11-10(9,5-7)14-11/h7H,3-6H2,1-2H3/t7?,9-,10-,11?/m0/s1. The molecule has 2 heterocycles. The van der Waals surface area contributed by atoms with Crippen LogP contribution < -0.4 is 0 Å². The van der Waals surface area contributed by atoms with E-state index in [1.165, 1.54) is 10.9 Å². The van der Waals surface area contributed by atoms with Crippen LogP contribution in [0.25, 0.3) is 0 Å². The largest absolute Gasteiger partial charge is 0.255 e. The van der Waals surface area contributed by atoms with Gasteiger partial charge in [0.15, 0.2) is 5.72 Å². The number of hydroxylamine groups is 1. The molecule has 0 aromatic rings. The Kier molecular flexibility index (Phi) is 1.13. The molecular weight excluding hydrogens is 214 g/mol. The first-order chi connectivity index (χ1) is 6.86. The fraction of sp³-hybridized carbons (Fsp3) is 1.00. The lowest BCUT2D eigenvalue weighted by Crippen LogP contribution is -2.41. The maximum atomic E-state index is 11.9. The minimum Gasteiger partial charge on any atom is -0.255 e. The van der Waals surface area contributed by atoms with Crippen molar-refractivity contribution in [3.05, 3.63) is 0 Å². The van der Waals surface area contributed by atoms with E-state index in [1.54, 1.807) is 0 Å². The Hall–Kier alpha value is -0.130. The van der Waals surface area contributed by atoms with Gasteiger partial charge < -0.3 is 0 Å². The van der Waals surface area contributed by atoms with E-state index in [0.29, 0.717) is 11.7 Å². The summed E-state index contributed by atoms with van der Waals surface area (Å²) in [6.07, 6.45) is 3.10. The molecule has 2 aliphatic carbocycles. The number of fused-ring (bicyclic) bond motifs is 1. The van der Waals surface area contributed by atoms with Crippen LogP contribution in [0.15, 0.2) is 0 Å². The highest BCUT2D eigenvalue weighted by molar-refractivity contribution is 7.89. The zero-order valence-electron chi connectivity index (χ0n) is 8.99. The van der Waals surface area contributed by atoms with Gasteiger partial charge >= 0.3 is 0 Å². The van der Waals surface area contributed by atoms with Gasteiger partial charge in [0.05, 0.1) is 5.75 Å². The number of sulfonamides is 1. The Balaban J connectivity index is 1.99. The number of nitrogens with zero attached hydrogens (tertiary/aromatic N) is 1. The lowest BCUT2D eigenvalue weighted by molar-refractivity contribution is 0.0724. The number of rotatable bonds is 0. The SMILES string of the molecule is CC1(C)C2CC[C@]13CS(=O)(=O)N1O[C@]13C2. The minimum atomic E-state index is -3.12. The van der Waals surface area contributed by atoms with Gasteiger partial charge in [0.2, 0.25) is 10.0 Å². The highest BCUT2D eigenvalue weighted by atomic mass is 32.2. The average Bonchev–Trinajstić information content (AvgIpc) is 2.70. The van der Waals surface area contributed by atoms with Crippen LogP contribution in [-0.2, 0) is 14.9 Å². The summed E-state index contributed by atoms with van der Waals surface area (Å²) in [4.78, 5) is 5.49. The van der Waals surface area contributed by atoms with Crippen LogP contribution in [0.2, 0.25) is 0 Å². The molecule has 0 amide bonds. The van der Waals surface area contributed by atoms with Crippen molar-refractivity contribution in [3.8, 4) is 0 Å². The van der Waals surface area contributed by atoms with E-state index < -0.39 is 15.7 Å². The average molecular weight is 229 g/mol. The van der Waals surface area contributed by atoms with Crippen LogP contribution in [0.4, 0.5) is 0 Å². The second-order valence-electron chi connectivity index (χ2n) is 6.10. The van der Waals surface area contributed by atoms with Gasteiger partial charge in [-0.1, -0.05) is 13.8 Å². The van der Waals surface area contributed by atoms with Gasteiger partial charge in [-0.2, -0.15) is 0 Å². The lowest BCUT2D eigenvalue weighted by atomic mass is 9.68. The molecule has 4 atom stereocenters. The first kappa shape index (κ1) is 8.96. The normalized spacial score (nSPS) is 61.5. The summed E-state index contributed by atoms with van der Waals surface area (Å²) in [6.45, 7) is 4.44. The molecule has 4 rings (SSSR count). The summed E-state index contributed by atoms with van der Waals surface area (Å²) in [5.74, 6) is 0.946. The Morgan fingerprint density at radius 3 is 2.67 bits per heavy atom. The van der Waals surface area contributed by atoms with E-state index in [9.17, 15) is 8.42 Å². The Labute approximate surface area is 89.6 Å². The summed E-state index contributed by atoms with van der Waals surface area (Å²) >= 11 is 0. The molecule has 2 bridgehead atoms. The maximum Gasteiger partial charge on any atom is 0.239 e. The van der Waals surface area contributed by atoms with Crippen molar-refractivity contribution < 1.29 is 13.3 Å². The predicted octanol–water partition coefficient (Wildman–Crippen LogP) is 1.10. The number of hydrogen-bond donors (Lipinski definition) is 0. The first-order valence-electron chi connectivity index (χ1n) is 5.58. The van der Waals surface area contributed by atoms with E-state index in [4.69, 9.17) is 4.84 Å². The van der Waals surface area contributed by atoms with Crippen molar-refractivity contribution in [1.82, 2.24) is 4.47 Å². The molecular formula is C10H15NO3S.